The number of aliphatic imine (C=N–C) groups is 3. The van der Waals surface area contributed by atoms with Crippen LogP contribution in [0.2, 0.25) is 0 Å². The molecule has 0 aliphatic carbocycles. The zero-order chi connectivity index (χ0) is 25.6. The summed E-state index contributed by atoms with van der Waals surface area (Å²) in [6.07, 6.45) is 9.03. The fourth-order valence-corrected chi connectivity index (χ4v) is 5.28. The van der Waals surface area contributed by atoms with Crippen LogP contribution in [0.4, 0.5) is 9.18 Å². The van der Waals surface area contributed by atoms with Crippen molar-refractivity contribution in [2.24, 2.45) is 26.3 Å². The lowest BCUT2D eigenvalue weighted by Crippen LogP contribution is -2.67. The molecule has 1 amide bonds. The topological polar surface area (TPSA) is 87.9 Å². The van der Waals surface area contributed by atoms with Crippen LogP contribution in [0, 0.1) is 23.7 Å². The molecule has 1 N–H and O–H groups in total. The van der Waals surface area contributed by atoms with Crippen LogP contribution < -0.4 is 5.32 Å². The van der Waals surface area contributed by atoms with E-state index in [4.69, 9.17) is 15.9 Å². The van der Waals surface area contributed by atoms with Gasteiger partial charge in [0.25, 0.3) is 0 Å². The van der Waals surface area contributed by atoms with Crippen LogP contribution in [0.5, 0.6) is 0 Å². The summed E-state index contributed by atoms with van der Waals surface area (Å²) in [6.45, 7) is 12.8. The first-order valence-corrected chi connectivity index (χ1v) is 11.9. The van der Waals surface area contributed by atoms with Crippen LogP contribution in [-0.2, 0) is 9.47 Å². The minimum atomic E-state index is -1.28. The number of carbonyl (C=O) groups is 1. The summed E-state index contributed by atoms with van der Waals surface area (Å²) in [6, 6.07) is 0. The van der Waals surface area contributed by atoms with Crippen molar-refractivity contribution in [3.63, 3.8) is 0 Å². The Labute approximate surface area is 205 Å². The molecule has 0 radical (unpaired) electrons. The number of halogens is 1. The molecule has 0 unspecified atom stereocenters. The molecule has 0 spiro atoms. The van der Waals surface area contributed by atoms with Crippen LogP contribution in [0.15, 0.2) is 39.0 Å². The van der Waals surface area contributed by atoms with Crippen LogP contribution in [-0.4, -0.2) is 72.7 Å². The van der Waals surface area contributed by atoms with Crippen molar-refractivity contribution < 1.29 is 18.7 Å². The quantitative estimate of drug-likeness (QED) is 0.330. The Balaban J connectivity index is 2.58. The molecule has 0 saturated carbocycles. The van der Waals surface area contributed by atoms with Gasteiger partial charge in [-0.1, -0.05) is 23.8 Å². The van der Waals surface area contributed by atoms with E-state index in [9.17, 15) is 4.79 Å². The number of ether oxygens (including phenoxy) is 2. The Kier molecular flexibility index (Phi) is 8.95. The van der Waals surface area contributed by atoms with Gasteiger partial charge in [0, 0.05) is 38.0 Å². The highest BCUT2D eigenvalue weighted by atomic mass is 32.2. The van der Waals surface area contributed by atoms with Crippen LogP contribution in [0.25, 0.3) is 0 Å². The van der Waals surface area contributed by atoms with E-state index in [1.54, 1.807) is 25.8 Å². The predicted molar refractivity (Wildman–Crippen MR) is 137 cm³/mol. The average Bonchev–Trinajstić information content (AvgIpc) is 3.19. The standard InChI is InChI=1S/C24H34FN5O3S/c1-9-11-32-19(12-26-7)28-15-23(6,18(25)10-2)24-16-30(21(31)33-22(3,4)5)13-17(24)14-34-20(27-8)29-24/h1,10,12,15,17H,7,11,13-14,16H2,2-6,8H3,(H,27,29)/b18-10+,19-12+,28-15?/t17-,23-,24-/m0/s1. The van der Waals surface area contributed by atoms with E-state index < -0.39 is 28.5 Å². The third kappa shape index (κ3) is 5.81. The van der Waals surface area contributed by atoms with Gasteiger partial charge < -0.3 is 19.7 Å². The van der Waals surface area contributed by atoms with Crippen molar-refractivity contribution in [1.29, 1.82) is 0 Å². The third-order valence-electron chi connectivity index (χ3n) is 5.82. The largest absolute Gasteiger partial charge is 0.463 e. The normalized spacial score (nSPS) is 26.5. The molecular formula is C24H34FN5O3S. The summed E-state index contributed by atoms with van der Waals surface area (Å²) in [4.78, 5) is 27.0. The second kappa shape index (κ2) is 11.1. The summed E-state index contributed by atoms with van der Waals surface area (Å²) in [5, 5.41) is 4.11. The van der Waals surface area contributed by atoms with Crippen molar-refractivity contribution in [3.8, 4) is 12.3 Å². The van der Waals surface area contributed by atoms with E-state index >= 15 is 4.39 Å². The van der Waals surface area contributed by atoms with E-state index in [-0.39, 0.29) is 25.0 Å². The Hall–Kier alpha value is -2.80. The lowest BCUT2D eigenvalue weighted by atomic mass is 9.65. The molecule has 0 aromatic heterocycles. The van der Waals surface area contributed by atoms with E-state index in [2.05, 4.69) is 32.9 Å². The van der Waals surface area contributed by atoms with Gasteiger partial charge in [0.1, 0.15) is 11.4 Å². The molecule has 2 aliphatic heterocycles. The summed E-state index contributed by atoms with van der Waals surface area (Å²) in [5.41, 5.74) is -2.87. The van der Waals surface area contributed by atoms with Crippen LogP contribution in [0.1, 0.15) is 34.6 Å². The molecule has 2 saturated heterocycles. The molecule has 2 heterocycles. The molecule has 3 atom stereocenters. The van der Waals surface area contributed by atoms with Crippen molar-refractivity contribution in [2.45, 2.75) is 45.8 Å². The second-order valence-electron chi connectivity index (χ2n) is 9.23. The number of fused-ring (bicyclic) bond motifs is 1. The summed E-state index contributed by atoms with van der Waals surface area (Å²) in [7, 11) is 1.67. The van der Waals surface area contributed by atoms with Gasteiger partial charge in [-0.25, -0.2) is 14.2 Å². The molecular weight excluding hydrogens is 457 g/mol. The van der Waals surface area contributed by atoms with Gasteiger partial charge in [-0.3, -0.25) is 9.98 Å². The van der Waals surface area contributed by atoms with Crippen LogP contribution >= 0.6 is 11.8 Å². The van der Waals surface area contributed by atoms with Gasteiger partial charge in [0.2, 0.25) is 5.88 Å². The number of hydrogen-bond acceptors (Lipinski definition) is 7. The van der Waals surface area contributed by atoms with Crippen molar-refractivity contribution >= 4 is 36.0 Å². The Morgan fingerprint density at radius 2 is 2.18 bits per heavy atom. The number of carbonyl (C=O) groups excluding carboxylic acids is 1. The van der Waals surface area contributed by atoms with Crippen molar-refractivity contribution in [2.75, 3.05) is 32.5 Å². The van der Waals surface area contributed by atoms with Crippen LogP contribution in [0.3, 0.4) is 0 Å². The lowest BCUT2D eigenvalue weighted by molar-refractivity contribution is 0.0271. The highest BCUT2D eigenvalue weighted by Crippen LogP contribution is 2.50. The highest BCUT2D eigenvalue weighted by Gasteiger charge is 2.62. The van der Waals surface area contributed by atoms with Gasteiger partial charge in [-0.2, -0.15) is 0 Å². The number of likely N-dealkylation sites (tertiary alicyclic amines) is 1. The molecule has 0 bridgehead atoms. The molecule has 10 heteroatoms. The number of amidine groups is 1. The fraction of sp³-hybridized carbons (Fsp3) is 0.583. The molecule has 2 fully saturated rings. The zero-order valence-corrected chi connectivity index (χ0v) is 21.5. The number of amides is 1. The SMILES string of the molecule is C#CCO/C(=C/N=C)N=C[C@@](C)(/C(F)=C\C)[C@]12CN(C(=O)OC(C)(C)C)C[C@H]1CSC(=NC)N2. The number of rotatable bonds is 7. The minimum absolute atomic E-state index is 0.0246. The first-order valence-electron chi connectivity index (χ1n) is 10.9. The third-order valence-corrected chi connectivity index (χ3v) is 6.94. The smallest absolute Gasteiger partial charge is 0.410 e. The number of nitrogens with one attached hydrogen (secondary N) is 1. The number of thioether (sulfide) groups is 1. The molecule has 2 rings (SSSR count). The molecule has 186 valence electrons. The van der Waals surface area contributed by atoms with E-state index in [1.165, 1.54) is 30.3 Å². The monoisotopic (exact) mass is 491 g/mol. The number of hydrogen-bond donors (Lipinski definition) is 1. The van der Waals surface area contributed by atoms with Gasteiger partial charge in [-0.05, 0) is 41.3 Å². The highest BCUT2D eigenvalue weighted by molar-refractivity contribution is 8.13. The van der Waals surface area contributed by atoms with Crippen molar-refractivity contribution in [1.82, 2.24) is 10.2 Å². The van der Waals surface area contributed by atoms with E-state index in [0.717, 1.165) is 0 Å². The fourth-order valence-electron chi connectivity index (χ4n) is 4.15. The van der Waals surface area contributed by atoms with Gasteiger partial charge in [-0.15, -0.1) is 6.42 Å². The molecule has 0 aromatic rings. The molecule has 2 aliphatic rings. The number of nitrogens with zero attached hydrogens (tertiary/aromatic N) is 4. The van der Waals surface area contributed by atoms with E-state index in [0.29, 0.717) is 17.5 Å². The maximum Gasteiger partial charge on any atom is 0.410 e. The summed E-state index contributed by atoms with van der Waals surface area (Å²) >= 11 is 1.54. The van der Waals surface area contributed by atoms with Gasteiger partial charge in [0.05, 0.1) is 17.2 Å². The first kappa shape index (κ1) is 27.4. The summed E-state index contributed by atoms with van der Waals surface area (Å²) in [5.74, 6) is 2.58. The Morgan fingerprint density at radius 1 is 1.47 bits per heavy atom. The zero-order valence-electron chi connectivity index (χ0n) is 20.7. The second-order valence-corrected chi connectivity index (χ2v) is 10.2. The van der Waals surface area contributed by atoms with Crippen molar-refractivity contribution in [3.05, 3.63) is 24.0 Å². The van der Waals surface area contributed by atoms with Gasteiger partial charge in [0.15, 0.2) is 11.8 Å². The maximum atomic E-state index is 15.7. The molecule has 0 aromatic carbocycles. The summed E-state index contributed by atoms with van der Waals surface area (Å²) < 4.78 is 26.8. The number of terminal acetylenes is 1. The van der Waals surface area contributed by atoms with E-state index in [1.807, 2.05) is 20.8 Å². The first-order chi connectivity index (χ1) is 16.0. The Bertz CT molecular complexity index is 949. The Morgan fingerprint density at radius 3 is 2.74 bits per heavy atom. The number of allylic oxidation sites excluding steroid dienone is 1. The minimum Gasteiger partial charge on any atom is -0.463 e. The average molecular weight is 492 g/mol. The molecule has 8 nitrogen and oxygen atoms in total. The lowest BCUT2D eigenvalue weighted by Gasteiger charge is -2.50. The maximum absolute atomic E-state index is 15.7. The molecule has 34 heavy (non-hydrogen) atoms. The van der Waals surface area contributed by atoms with Gasteiger partial charge >= 0.3 is 6.09 Å². The predicted octanol–water partition coefficient (Wildman–Crippen LogP) is 4.01.